The van der Waals surface area contributed by atoms with Crippen LogP contribution in [0.5, 0.6) is 0 Å². The minimum Gasteiger partial charge on any atom is -0.166 e. The summed E-state index contributed by atoms with van der Waals surface area (Å²) in [5.74, 6) is 0.224. The summed E-state index contributed by atoms with van der Waals surface area (Å²) < 4.78 is 38.4. The highest BCUT2D eigenvalue weighted by molar-refractivity contribution is 5.28. The van der Waals surface area contributed by atoms with Gasteiger partial charge in [0.25, 0.3) is 0 Å². The van der Waals surface area contributed by atoms with E-state index in [0.717, 1.165) is 37.3 Å². The molecule has 1 atom stereocenters. The van der Waals surface area contributed by atoms with Crippen LogP contribution < -0.4 is 0 Å². The van der Waals surface area contributed by atoms with Crippen LogP contribution in [-0.2, 0) is 6.18 Å². The second-order valence-electron chi connectivity index (χ2n) is 6.71. The summed E-state index contributed by atoms with van der Waals surface area (Å²) in [6, 6.07) is 5.83. The number of halogens is 3. The van der Waals surface area contributed by atoms with E-state index in [2.05, 4.69) is 27.7 Å². The van der Waals surface area contributed by atoms with E-state index < -0.39 is 11.7 Å². The van der Waals surface area contributed by atoms with Crippen molar-refractivity contribution in [3.8, 4) is 0 Å². The maximum atomic E-state index is 12.8. The summed E-state index contributed by atoms with van der Waals surface area (Å²) in [5, 5.41) is 0. The van der Waals surface area contributed by atoms with Crippen LogP contribution in [0.4, 0.5) is 13.2 Å². The van der Waals surface area contributed by atoms with Gasteiger partial charge < -0.3 is 0 Å². The quantitative estimate of drug-likeness (QED) is 0.586. The fourth-order valence-corrected chi connectivity index (χ4v) is 2.40. The van der Waals surface area contributed by atoms with Crippen LogP contribution in [0.1, 0.15) is 70.4 Å². The van der Waals surface area contributed by atoms with Crippen molar-refractivity contribution in [1.82, 2.24) is 0 Å². The Morgan fingerprint density at radius 2 is 1.70 bits per heavy atom. The first-order chi connectivity index (χ1) is 9.13. The van der Waals surface area contributed by atoms with E-state index in [1.165, 1.54) is 12.1 Å². The van der Waals surface area contributed by atoms with Gasteiger partial charge in [-0.15, -0.1) is 0 Å². The largest absolute Gasteiger partial charge is 0.416 e. The van der Waals surface area contributed by atoms with E-state index in [9.17, 15) is 13.2 Å². The van der Waals surface area contributed by atoms with Gasteiger partial charge in [-0.3, -0.25) is 0 Å². The summed E-state index contributed by atoms with van der Waals surface area (Å²) in [4.78, 5) is 0. The molecule has 0 fully saturated rings. The Kier molecular flexibility index (Phi) is 5.67. The minimum atomic E-state index is -4.25. The fraction of sp³-hybridized carbons (Fsp3) is 0.647. The monoisotopic (exact) mass is 286 g/mol. The number of benzene rings is 1. The number of hydrogen-bond donors (Lipinski definition) is 0. The van der Waals surface area contributed by atoms with Gasteiger partial charge in [-0.1, -0.05) is 52.3 Å². The summed E-state index contributed by atoms with van der Waals surface area (Å²) in [7, 11) is 0. The molecule has 0 amide bonds. The second kappa shape index (κ2) is 6.64. The third-order valence-corrected chi connectivity index (χ3v) is 3.57. The zero-order valence-electron chi connectivity index (χ0n) is 12.8. The van der Waals surface area contributed by atoms with Crippen LogP contribution in [0, 0.1) is 5.41 Å². The lowest BCUT2D eigenvalue weighted by molar-refractivity contribution is -0.137. The molecule has 3 heteroatoms. The lowest BCUT2D eigenvalue weighted by atomic mass is 9.82. The maximum absolute atomic E-state index is 12.8. The average molecular weight is 286 g/mol. The highest BCUT2D eigenvalue weighted by Crippen LogP contribution is 2.35. The molecule has 1 aromatic carbocycles. The van der Waals surface area contributed by atoms with Crippen molar-refractivity contribution in [2.45, 2.75) is 65.5 Å². The zero-order valence-corrected chi connectivity index (χ0v) is 12.8. The van der Waals surface area contributed by atoms with Gasteiger partial charge in [0, 0.05) is 0 Å². The van der Waals surface area contributed by atoms with Crippen molar-refractivity contribution in [2.24, 2.45) is 5.41 Å². The highest BCUT2D eigenvalue weighted by Gasteiger charge is 2.31. The Balaban J connectivity index is 2.91. The molecule has 0 spiro atoms. The highest BCUT2D eigenvalue weighted by atomic mass is 19.4. The molecule has 0 aliphatic rings. The number of hydrogen-bond acceptors (Lipinski definition) is 0. The summed E-state index contributed by atoms with van der Waals surface area (Å²) in [6.45, 7) is 8.59. The zero-order chi connectivity index (χ0) is 15.4. The SMILES string of the molecule is CCCC(CCC(C)(C)C)c1cccc(C(F)(F)F)c1. The van der Waals surface area contributed by atoms with Crippen molar-refractivity contribution < 1.29 is 13.2 Å². The van der Waals surface area contributed by atoms with Gasteiger partial charge in [0.2, 0.25) is 0 Å². The van der Waals surface area contributed by atoms with Crippen LogP contribution in [0.2, 0.25) is 0 Å². The van der Waals surface area contributed by atoms with Gasteiger partial charge in [-0.2, -0.15) is 13.2 Å². The molecular formula is C17H25F3. The molecule has 0 saturated heterocycles. The fourth-order valence-electron chi connectivity index (χ4n) is 2.40. The Morgan fingerprint density at radius 3 is 2.20 bits per heavy atom. The average Bonchev–Trinajstić information content (AvgIpc) is 2.32. The van der Waals surface area contributed by atoms with Crippen LogP contribution in [0.25, 0.3) is 0 Å². The number of rotatable bonds is 5. The van der Waals surface area contributed by atoms with Gasteiger partial charge in [-0.25, -0.2) is 0 Å². The van der Waals surface area contributed by atoms with E-state index >= 15 is 0 Å². The third kappa shape index (κ3) is 5.56. The Morgan fingerprint density at radius 1 is 1.05 bits per heavy atom. The molecule has 0 radical (unpaired) electrons. The van der Waals surface area contributed by atoms with Crippen molar-refractivity contribution in [3.63, 3.8) is 0 Å². The van der Waals surface area contributed by atoms with Gasteiger partial charge in [-0.05, 0) is 42.2 Å². The van der Waals surface area contributed by atoms with E-state index in [4.69, 9.17) is 0 Å². The van der Waals surface area contributed by atoms with E-state index in [0.29, 0.717) is 0 Å². The minimum absolute atomic E-state index is 0.216. The lowest BCUT2D eigenvalue weighted by Crippen LogP contribution is -2.10. The smallest absolute Gasteiger partial charge is 0.166 e. The van der Waals surface area contributed by atoms with Crippen molar-refractivity contribution in [1.29, 1.82) is 0 Å². The predicted molar refractivity (Wildman–Crippen MR) is 77.8 cm³/mol. The molecule has 0 aliphatic carbocycles. The molecule has 114 valence electrons. The van der Waals surface area contributed by atoms with E-state index in [1.807, 2.05) is 6.07 Å². The van der Waals surface area contributed by atoms with Gasteiger partial charge >= 0.3 is 6.18 Å². The topological polar surface area (TPSA) is 0 Å². The van der Waals surface area contributed by atoms with E-state index in [1.54, 1.807) is 0 Å². The molecule has 0 nitrogen and oxygen atoms in total. The molecule has 0 saturated carbocycles. The van der Waals surface area contributed by atoms with Gasteiger partial charge in [0.15, 0.2) is 0 Å². The summed E-state index contributed by atoms with van der Waals surface area (Å²) >= 11 is 0. The lowest BCUT2D eigenvalue weighted by Gasteiger charge is -2.24. The predicted octanol–water partition coefficient (Wildman–Crippen LogP) is 6.42. The van der Waals surface area contributed by atoms with Crippen LogP contribution in [0.3, 0.4) is 0 Å². The molecule has 1 rings (SSSR count). The standard InChI is InChI=1S/C17H25F3/c1-5-7-13(10-11-16(2,3)4)14-8-6-9-15(12-14)17(18,19)20/h6,8-9,12-13H,5,7,10-11H2,1-4H3. The second-order valence-corrected chi connectivity index (χ2v) is 6.71. The summed E-state index contributed by atoms with van der Waals surface area (Å²) in [6.07, 6.45) is -0.355. The molecule has 0 aromatic heterocycles. The van der Waals surface area contributed by atoms with Gasteiger partial charge in [0.1, 0.15) is 0 Å². The molecule has 1 aromatic rings. The van der Waals surface area contributed by atoms with Crippen LogP contribution >= 0.6 is 0 Å². The maximum Gasteiger partial charge on any atom is 0.416 e. The molecule has 0 heterocycles. The van der Waals surface area contributed by atoms with Crippen LogP contribution in [0.15, 0.2) is 24.3 Å². The van der Waals surface area contributed by atoms with Crippen molar-refractivity contribution >= 4 is 0 Å². The Hall–Kier alpha value is -0.990. The first kappa shape index (κ1) is 17.1. The summed E-state index contributed by atoms with van der Waals surface area (Å²) in [5.41, 5.74) is 0.506. The van der Waals surface area contributed by atoms with Crippen molar-refractivity contribution in [2.75, 3.05) is 0 Å². The first-order valence-corrected chi connectivity index (χ1v) is 7.30. The molecule has 0 N–H and O–H groups in total. The molecule has 1 unspecified atom stereocenters. The Labute approximate surface area is 120 Å². The molecule has 0 aliphatic heterocycles. The Bertz CT molecular complexity index is 413. The number of alkyl halides is 3. The normalized spacial score (nSPS) is 14.3. The molecular weight excluding hydrogens is 261 g/mol. The van der Waals surface area contributed by atoms with Crippen LogP contribution in [-0.4, -0.2) is 0 Å². The van der Waals surface area contributed by atoms with Gasteiger partial charge in [0.05, 0.1) is 5.56 Å². The molecule has 20 heavy (non-hydrogen) atoms. The molecule has 0 bridgehead atoms. The van der Waals surface area contributed by atoms with E-state index in [-0.39, 0.29) is 11.3 Å². The third-order valence-electron chi connectivity index (χ3n) is 3.57. The van der Waals surface area contributed by atoms with Crippen molar-refractivity contribution in [3.05, 3.63) is 35.4 Å². The first-order valence-electron chi connectivity index (χ1n) is 7.30.